The van der Waals surface area contributed by atoms with Crippen LogP contribution in [0.4, 0.5) is 0 Å². The van der Waals surface area contributed by atoms with Gasteiger partial charge in [0.15, 0.2) is 22.2 Å². The molecule has 22 heavy (non-hydrogen) atoms. The van der Waals surface area contributed by atoms with E-state index in [2.05, 4.69) is 15.0 Å². The quantitative estimate of drug-likeness (QED) is 0.278. The molecule has 3 rings (SSSR count). The Morgan fingerprint density at radius 1 is 1.50 bits per heavy atom. The smallest absolute Gasteiger partial charge is 0.303 e. The number of fused-ring (bicyclic) bond motifs is 1. The summed E-state index contributed by atoms with van der Waals surface area (Å²) in [5.41, 5.74) is 1.13. The van der Waals surface area contributed by atoms with Gasteiger partial charge in [0.25, 0.3) is 0 Å². The topological polar surface area (TPSA) is 79.1 Å². The second-order valence-corrected chi connectivity index (χ2v) is 5.71. The van der Waals surface area contributed by atoms with E-state index in [0.717, 1.165) is 0 Å². The average molecular weight is 341 g/mol. The van der Waals surface area contributed by atoms with Crippen molar-refractivity contribution >= 4 is 40.5 Å². The number of hydrogen-bond acceptors (Lipinski definition) is 7. The normalized spacial score (nSPS) is 21.2. The lowest BCUT2D eigenvalue weighted by atomic mass is 10.2. The molecule has 0 N–H and O–H groups in total. The summed E-state index contributed by atoms with van der Waals surface area (Å²) < 4.78 is 12.5. The maximum absolute atomic E-state index is 10.9. The molecular formula is C13H13ClN4O3S. The minimum absolute atomic E-state index is 0.272. The van der Waals surface area contributed by atoms with Crippen LogP contribution in [0.5, 0.6) is 0 Å². The van der Waals surface area contributed by atoms with Crippen molar-refractivity contribution in [2.24, 2.45) is 0 Å². The van der Waals surface area contributed by atoms with Gasteiger partial charge in [-0.25, -0.2) is 15.0 Å². The van der Waals surface area contributed by atoms with Crippen molar-refractivity contribution in [2.45, 2.75) is 24.4 Å². The highest BCUT2D eigenvalue weighted by atomic mass is 35.5. The molecule has 3 heterocycles. The van der Waals surface area contributed by atoms with Gasteiger partial charge in [-0.3, -0.25) is 9.36 Å². The fraction of sp³-hybridized carbons (Fsp3) is 0.385. The van der Waals surface area contributed by atoms with E-state index in [9.17, 15) is 4.79 Å². The van der Waals surface area contributed by atoms with Gasteiger partial charge in [-0.15, -0.1) is 0 Å². The monoisotopic (exact) mass is 340 g/mol. The lowest BCUT2D eigenvalue weighted by molar-refractivity contribution is -0.149. The van der Waals surface area contributed by atoms with Crippen LogP contribution in [0.1, 0.15) is 13.2 Å². The zero-order valence-electron chi connectivity index (χ0n) is 11.9. The summed E-state index contributed by atoms with van der Waals surface area (Å²) in [7, 11) is 0. The van der Waals surface area contributed by atoms with Crippen LogP contribution >= 0.6 is 23.4 Å². The van der Waals surface area contributed by atoms with E-state index in [0.29, 0.717) is 21.5 Å². The molecule has 2 aromatic heterocycles. The van der Waals surface area contributed by atoms with Crippen LogP contribution in [0.15, 0.2) is 23.6 Å². The van der Waals surface area contributed by atoms with Crippen LogP contribution < -0.4 is 0 Å². The van der Waals surface area contributed by atoms with E-state index in [1.165, 1.54) is 18.7 Å². The van der Waals surface area contributed by atoms with Crippen molar-refractivity contribution < 1.29 is 14.3 Å². The average Bonchev–Trinajstić information content (AvgIpc) is 2.92. The van der Waals surface area contributed by atoms with Crippen LogP contribution in [0.2, 0.25) is 5.15 Å². The second kappa shape index (κ2) is 6.23. The molecule has 2 aromatic rings. The lowest BCUT2D eigenvalue weighted by Gasteiger charge is -2.24. The number of hydrogen-bond donors (Lipinski definition) is 0. The molecule has 1 aliphatic heterocycles. The number of aromatic nitrogens is 4. The van der Waals surface area contributed by atoms with Crippen LogP contribution in [-0.2, 0) is 14.3 Å². The molecule has 0 radical (unpaired) electrons. The van der Waals surface area contributed by atoms with Crippen LogP contribution in [0.3, 0.4) is 0 Å². The van der Waals surface area contributed by atoms with E-state index in [4.69, 9.17) is 21.1 Å². The van der Waals surface area contributed by atoms with E-state index in [-0.39, 0.29) is 24.9 Å². The number of rotatable bonds is 3. The Morgan fingerprint density at radius 3 is 2.95 bits per heavy atom. The van der Waals surface area contributed by atoms with Crippen molar-refractivity contribution in [2.75, 3.05) is 12.9 Å². The highest BCUT2D eigenvalue weighted by Gasteiger charge is 2.22. The number of nitrogens with zero attached hydrogens (tertiary/aromatic N) is 4. The number of carbonyl (C=O) groups excluding carboxylic acids is 1. The number of esters is 1. The predicted molar refractivity (Wildman–Crippen MR) is 81.8 cm³/mol. The molecule has 0 spiro atoms. The van der Waals surface area contributed by atoms with E-state index < -0.39 is 0 Å². The predicted octanol–water partition coefficient (Wildman–Crippen LogP) is 2.22. The van der Waals surface area contributed by atoms with Gasteiger partial charge in [0.05, 0.1) is 12.9 Å². The number of carbonyl (C=O) groups is 1. The van der Waals surface area contributed by atoms with E-state index >= 15 is 0 Å². The van der Waals surface area contributed by atoms with E-state index in [1.54, 1.807) is 23.0 Å². The molecule has 9 heteroatoms. The molecule has 0 unspecified atom stereocenters. The first-order valence-corrected chi connectivity index (χ1v) is 8.10. The summed E-state index contributed by atoms with van der Waals surface area (Å²) in [5.74, 6) is -0.339. The van der Waals surface area contributed by atoms with Crippen LogP contribution in [-0.4, -0.2) is 44.5 Å². The molecule has 2 atom stereocenters. The maximum Gasteiger partial charge on any atom is 0.303 e. The van der Waals surface area contributed by atoms with Gasteiger partial charge in [-0.1, -0.05) is 23.4 Å². The minimum Gasteiger partial charge on any atom is -0.456 e. The molecular weight excluding hydrogens is 328 g/mol. The number of ether oxygens (including phenoxy) is 2. The SMILES string of the molecule is CSc1nc(Cl)c2ncn([C@@H]3C=C[C@@H](OC(C)=O)CO3)c2n1. The Hall–Kier alpha value is -1.64. The molecule has 0 bridgehead atoms. The number of halogens is 1. The van der Waals surface area contributed by atoms with Gasteiger partial charge in [-0.2, -0.15) is 0 Å². The standard InChI is InChI=1S/C13H13ClN4O3S/c1-7(19)21-8-3-4-9(20-5-8)18-6-15-10-11(14)16-13(22-2)17-12(10)18/h3-4,6,8-9H,5H2,1-2H3/t8-,9+/m1/s1. The van der Waals surface area contributed by atoms with Crippen molar-refractivity contribution in [3.05, 3.63) is 23.6 Å². The molecule has 0 fully saturated rings. The summed E-state index contributed by atoms with van der Waals surface area (Å²) in [4.78, 5) is 23.8. The van der Waals surface area contributed by atoms with Crippen LogP contribution in [0, 0.1) is 0 Å². The highest BCUT2D eigenvalue weighted by Crippen LogP contribution is 2.26. The minimum atomic E-state index is -0.377. The third-order valence-electron chi connectivity index (χ3n) is 3.05. The molecule has 0 aromatic carbocycles. The van der Waals surface area contributed by atoms with Gasteiger partial charge in [0, 0.05) is 6.92 Å². The van der Waals surface area contributed by atoms with Gasteiger partial charge in [0.2, 0.25) is 0 Å². The first kappa shape index (κ1) is 15.3. The third-order valence-corrected chi connectivity index (χ3v) is 3.87. The largest absolute Gasteiger partial charge is 0.456 e. The molecule has 0 amide bonds. The first-order valence-electron chi connectivity index (χ1n) is 6.49. The number of imidazole rings is 1. The fourth-order valence-corrected chi connectivity index (χ4v) is 2.75. The van der Waals surface area contributed by atoms with Crippen LogP contribution in [0.25, 0.3) is 11.2 Å². The summed E-state index contributed by atoms with van der Waals surface area (Å²) in [6, 6.07) is 0. The molecule has 1 aliphatic rings. The first-order chi connectivity index (χ1) is 10.6. The van der Waals surface area contributed by atoms with Gasteiger partial charge in [-0.05, 0) is 18.4 Å². The van der Waals surface area contributed by atoms with Gasteiger partial charge in [0.1, 0.15) is 11.6 Å². The van der Waals surface area contributed by atoms with E-state index in [1.807, 2.05) is 6.26 Å². The van der Waals surface area contributed by atoms with Gasteiger partial charge >= 0.3 is 5.97 Å². The molecule has 0 aliphatic carbocycles. The van der Waals surface area contributed by atoms with Gasteiger partial charge < -0.3 is 9.47 Å². The summed E-state index contributed by atoms with van der Waals surface area (Å²) in [5, 5.41) is 0.877. The molecule has 116 valence electrons. The zero-order valence-corrected chi connectivity index (χ0v) is 13.5. The summed E-state index contributed by atoms with van der Waals surface area (Å²) in [6.45, 7) is 1.64. The molecule has 0 saturated carbocycles. The van der Waals surface area contributed by atoms with Crippen molar-refractivity contribution in [3.8, 4) is 0 Å². The highest BCUT2D eigenvalue weighted by molar-refractivity contribution is 7.98. The summed E-state index contributed by atoms with van der Waals surface area (Å²) in [6.07, 6.45) is 6.32. The Labute approximate surface area is 135 Å². The Kier molecular flexibility index (Phi) is 4.32. The van der Waals surface area contributed by atoms with Crippen molar-refractivity contribution in [1.82, 2.24) is 19.5 Å². The Balaban J connectivity index is 1.91. The molecule has 0 saturated heterocycles. The maximum atomic E-state index is 10.9. The lowest BCUT2D eigenvalue weighted by Crippen LogP contribution is -2.27. The Morgan fingerprint density at radius 2 is 2.32 bits per heavy atom. The molecule has 7 nitrogen and oxygen atoms in total. The fourth-order valence-electron chi connectivity index (χ4n) is 2.12. The third kappa shape index (κ3) is 2.94. The second-order valence-electron chi connectivity index (χ2n) is 4.58. The summed E-state index contributed by atoms with van der Waals surface area (Å²) >= 11 is 7.52. The van der Waals surface area contributed by atoms with Crippen molar-refractivity contribution in [1.29, 1.82) is 0 Å². The number of thioether (sulfide) groups is 1. The Bertz CT molecular complexity index is 748. The van der Waals surface area contributed by atoms with Crippen molar-refractivity contribution in [3.63, 3.8) is 0 Å². The zero-order chi connectivity index (χ0) is 15.7.